The highest BCUT2D eigenvalue weighted by Gasteiger charge is 2.25. The van der Waals surface area contributed by atoms with E-state index in [4.69, 9.17) is 5.73 Å². The predicted molar refractivity (Wildman–Crippen MR) is 60.6 cm³/mol. The first-order valence-corrected chi connectivity index (χ1v) is 4.96. The van der Waals surface area contributed by atoms with Crippen LogP contribution < -0.4 is 5.73 Å². The van der Waals surface area contributed by atoms with Crippen LogP contribution in [0.2, 0.25) is 0 Å². The second kappa shape index (κ2) is 4.91. The summed E-state index contributed by atoms with van der Waals surface area (Å²) in [6.45, 7) is 0. The number of aromatic hydroxyl groups is 1. The Hall–Kier alpha value is -1.96. The van der Waals surface area contributed by atoms with Crippen molar-refractivity contribution in [1.82, 2.24) is 0 Å². The van der Waals surface area contributed by atoms with Crippen molar-refractivity contribution in [3.05, 3.63) is 38.1 Å². The average Bonchev–Trinajstić information content (AvgIpc) is 2.21. The molecule has 0 unspecified atom stereocenters. The Balaban J connectivity index is 3.44. The van der Waals surface area contributed by atoms with Crippen LogP contribution in [0.1, 0.15) is 5.56 Å². The van der Waals surface area contributed by atoms with Crippen LogP contribution in [0.4, 0.5) is 10.1 Å². The number of primary amides is 1. The van der Waals surface area contributed by atoms with E-state index in [9.17, 15) is 24.4 Å². The molecule has 0 saturated heterocycles. The summed E-state index contributed by atoms with van der Waals surface area (Å²) in [5, 5.41) is 20.0. The van der Waals surface area contributed by atoms with Crippen LogP contribution in [0.15, 0.2) is 16.6 Å². The second-order valence-electron chi connectivity index (χ2n) is 2.95. The lowest BCUT2D eigenvalue weighted by Gasteiger charge is -2.03. The summed E-state index contributed by atoms with van der Waals surface area (Å²) >= 11 is 2.77. The third-order valence-electron chi connectivity index (χ3n) is 1.81. The van der Waals surface area contributed by atoms with Crippen LogP contribution in [0, 0.1) is 15.9 Å². The number of nitro benzene ring substituents is 1. The smallest absolute Gasteiger partial charge is 0.347 e. The molecule has 90 valence electrons. The predicted octanol–water partition coefficient (Wildman–Crippen LogP) is 1.70. The minimum Gasteiger partial charge on any atom is -0.502 e. The van der Waals surface area contributed by atoms with Gasteiger partial charge in [0.2, 0.25) is 17.5 Å². The fourth-order valence-corrected chi connectivity index (χ4v) is 1.52. The summed E-state index contributed by atoms with van der Waals surface area (Å²) in [6, 6.07) is 1.09. The molecule has 1 aromatic carbocycles. The maximum Gasteiger partial charge on any atom is 0.347 e. The number of phenolic OH excluding ortho intramolecular Hbond substituents is 1. The number of rotatable bonds is 3. The van der Waals surface area contributed by atoms with Gasteiger partial charge in [-0.3, -0.25) is 14.9 Å². The molecule has 0 radical (unpaired) electrons. The third kappa shape index (κ3) is 2.78. The van der Waals surface area contributed by atoms with Gasteiger partial charge in [0.15, 0.2) is 0 Å². The molecule has 1 rings (SSSR count). The molecular weight excluding hydrogens is 299 g/mol. The third-order valence-corrected chi connectivity index (χ3v) is 2.38. The van der Waals surface area contributed by atoms with Gasteiger partial charge in [-0.2, -0.15) is 4.39 Å². The molecule has 8 heteroatoms. The number of nitro groups is 1. The minimum atomic E-state index is -1.19. The summed E-state index contributed by atoms with van der Waals surface area (Å²) < 4.78 is 13.1. The highest BCUT2D eigenvalue weighted by molar-refractivity contribution is 9.10. The van der Waals surface area contributed by atoms with Crippen LogP contribution in [0.3, 0.4) is 0 Å². The van der Waals surface area contributed by atoms with E-state index in [0.29, 0.717) is 0 Å². The zero-order valence-corrected chi connectivity index (χ0v) is 9.77. The van der Waals surface area contributed by atoms with Gasteiger partial charge in [-0.05, 0) is 28.1 Å². The summed E-state index contributed by atoms with van der Waals surface area (Å²) in [4.78, 5) is 20.0. The molecule has 6 nitrogen and oxygen atoms in total. The van der Waals surface area contributed by atoms with Gasteiger partial charge < -0.3 is 10.8 Å². The van der Waals surface area contributed by atoms with Crippen LogP contribution in [-0.4, -0.2) is 15.9 Å². The molecule has 0 fully saturated rings. The number of carbonyl (C=O) groups is 1. The van der Waals surface area contributed by atoms with Gasteiger partial charge in [0, 0.05) is 11.6 Å². The number of hydrogen-bond acceptors (Lipinski definition) is 4. The average molecular weight is 305 g/mol. The highest BCUT2D eigenvalue weighted by atomic mass is 79.9. The largest absolute Gasteiger partial charge is 0.502 e. The molecule has 1 aromatic rings. The Morgan fingerprint density at radius 2 is 2.24 bits per heavy atom. The Morgan fingerprint density at radius 1 is 1.65 bits per heavy atom. The van der Waals surface area contributed by atoms with Crippen LogP contribution >= 0.6 is 15.9 Å². The highest BCUT2D eigenvalue weighted by Crippen LogP contribution is 2.37. The van der Waals surface area contributed by atoms with E-state index in [2.05, 4.69) is 15.9 Å². The van der Waals surface area contributed by atoms with Crippen LogP contribution in [0.25, 0.3) is 6.08 Å². The van der Waals surface area contributed by atoms with Crippen molar-refractivity contribution in [1.29, 1.82) is 0 Å². The van der Waals surface area contributed by atoms with Gasteiger partial charge in [0.05, 0.1) is 9.40 Å². The lowest BCUT2D eigenvalue weighted by Crippen LogP contribution is -2.05. The maximum atomic E-state index is 13.3. The zero-order chi connectivity index (χ0) is 13.2. The Kier molecular flexibility index (Phi) is 3.79. The van der Waals surface area contributed by atoms with Crippen molar-refractivity contribution in [2.75, 3.05) is 0 Å². The van der Waals surface area contributed by atoms with E-state index in [-0.39, 0.29) is 10.0 Å². The summed E-state index contributed by atoms with van der Waals surface area (Å²) in [5.41, 5.74) is 3.67. The summed E-state index contributed by atoms with van der Waals surface area (Å²) in [5.74, 6) is -2.86. The normalized spacial score (nSPS) is 10.7. The van der Waals surface area contributed by atoms with Crippen LogP contribution in [0.5, 0.6) is 5.75 Å². The van der Waals surface area contributed by atoms with Gasteiger partial charge in [0.25, 0.3) is 0 Å². The molecule has 0 spiro atoms. The Bertz CT molecular complexity index is 530. The first-order valence-electron chi connectivity index (χ1n) is 4.17. The molecule has 0 aliphatic heterocycles. The monoisotopic (exact) mass is 304 g/mol. The van der Waals surface area contributed by atoms with Crippen molar-refractivity contribution in [2.45, 2.75) is 0 Å². The van der Waals surface area contributed by atoms with E-state index >= 15 is 0 Å². The van der Waals surface area contributed by atoms with E-state index in [0.717, 1.165) is 18.2 Å². The maximum absolute atomic E-state index is 13.3. The van der Waals surface area contributed by atoms with Gasteiger partial charge in [-0.25, -0.2) is 0 Å². The van der Waals surface area contributed by atoms with Gasteiger partial charge in [-0.1, -0.05) is 0 Å². The molecule has 0 aromatic heterocycles. The number of nitrogens with zero attached hydrogens (tertiary/aromatic N) is 1. The number of halogens is 2. The Morgan fingerprint density at radius 3 is 2.71 bits per heavy atom. The molecular formula is C9H6BrFN2O4. The summed E-state index contributed by atoms with van der Waals surface area (Å²) in [6.07, 6.45) is 1.94. The number of hydrogen-bond donors (Lipinski definition) is 2. The second-order valence-corrected chi connectivity index (χ2v) is 3.81. The molecule has 3 N–H and O–H groups in total. The van der Waals surface area contributed by atoms with Crippen molar-refractivity contribution in [2.24, 2.45) is 5.73 Å². The lowest BCUT2D eigenvalue weighted by molar-refractivity contribution is -0.388. The zero-order valence-electron chi connectivity index (χ0n) is 8.18. The van der Waals surface area contributed by atoms with Crippen molar-refractivity contribution < 1.29 is 19.2 Å². The van der Waals surface area contributed by atoms with Gasteiger partial charge in [0.1, 0.15) is 0 Å². The number of nitrogens with two attached hydrogens (primary N) is 1. The van der Waals surface area contributed by atoms with Crippen molar-refractivity contribution in [3.63, 3.8) is 0 Å². The van der Waals surface area contributed by atoms with Crippen molar-refractivity contribution >= 4 is 33.6 Å². The molecule has 17 heavy (non-hydrogen) atoms. The fraction of sp³-hybridized carbons (Fsp3) is 0. The number of benzene rings is 1. The molecule has 0 atom stereocenters. The standard InChI is InChI=1S/C9H6BrFN2O4/c10-5-3-4(1-2-6(12)14)9(15)8(7(5)11)13(16)17/h1-3,15H,(H2,12,14)/b2-1+. The van der Waals surface area contributed by atoms with E-state index in [1.54, 1.807) is 0 Å². The molecule has 0 heterocycles. The number of carbonyl (C=O) groups excluding carboxylic acids is 1. The topological polar surface area (TPSA) is 106 Å². The van der Waals surface area contributed by atoms with E-state index < -0.39 is 28.1 Å². The minimum absolute atomic E-state index is 0.0937. The first kappa shape index (κ1) is 13.1. The Labute approximate surface area is 103 Å². The number of amides is 1. The molecule has 0 bridgehead atoms. The van der Waals surface area contributed by atoms with Crippen molar-refractivity contribution in [3.8, 4) is 5.75 Å². The molecule has 0 aliphatic carbocycles. The lowest BCUT2D eigenvalue weighted by atomic mass is 10.1. The SMILES string of the molecule is NC(=O)/C=C/c1cc(Br)c(F)c([N+](=O)[O-])c1O. The number of phenols is 1. The van der Waals surface area contributed by atoms with E-state index in [1.807, 2.05) is 0 Å². The van der Waals surface area contributed by atoms with Gasteiger partial charge >= 0.3 is 5.69 Å². The molecule has 1 amide bonds. The van der Waals surface area contributed by atoms with E-state index in [1.165, 1.54) is 0 Å². The molecule has 0 saturated carbocycles. The first-order chi connectivity index (χ1) is 7.84. The quantitative estimate of drug-likeness (QED) is 0.503. The summed E-state index contributed by atoms with van der Waals surface area (Å²) in [7, 11) is 0. The van der Waals surface area contributed by atoms with Gasteiger partial charge in [-0.15, -0.1) is 0 Å². The molecule has 0 aliphatic rings. The van der Waals surface area contributed by atoms with Crippen LogP contribution in [-0.2, 0) is 4.79 Å². The fourth-order valence-electron chi connectivity index (χ4n) is 1.09.